The van der Waals surface area contributed by atoms with Gasteiger partial charge in [0.2, 0.25) is 10.0 Å². The van der Waals surface area contributed by atoms with Crippen molar-refractivity contribution >= 4 is 16.0 Å². The third-order valence-electron chi connectivity index (χ3n) is 4.56. The van der Waals surface area contributed by atoms with E-state index in [2.05, 4.69) is 0 Å². The Morgan fingerprint density at radius 3 is 2.37 bits per heavy atom. The van der Waals surface area contributed by atoms with Gasteiger partial charge in [-0.25, -0.2) is 13.2 Å². The van der Waals surface area contributed by atoms with Crippen LogP contribution in [0.25, 0.3) is 0 Å². The van der Waals surface area contributed by atoms with Crippen LogP contribution in [-0.2, 0) is 19.6 Å². The number of para-hydroxylation sites is 1. The van der Waals surface area contributed by atoms with Crippen LogP contribution in [-0.4, -0.2) is 39.5 Å². The molecule has 1 unspecified atom stereocenters. The highest BCUT2D eigenvalue weighted by Crippen LogP contribution is 2.41. The number of hydrogen-bond donors (Lipinski definition) is 0. The molecule has 0 amide bonds. The number of ether oxygens (including phenoxy) is 2. The first-order valence-electron chi connectivity index (χ1n) is 8.40. The number of benzene rings is 2. The fourth-order valence-electron chi connectivity index (χ4n) is 3.17. The Kier molecular flexibility index (Phi) is 5.34. The largest absolute Gasteiger partial charge is 0.496 e. The van der Waals surface area contributed by atoms with Gasteiger partial charge in [-0.15, -0.1) is 0 Å². The molecule has 1 atom stereocenters. The molecule has 0 spiro atoms. The monoisotopic (exact) mass is 387 g/mol. The number of rotatable bonds is 5. The molecule has 1 aliphatic rings. The normalized spacial score (nSPS) is 17.4. The summed E-state index contributed by atoms with van der Waals surface area (Å²) in [7, 11) is -1.05. The van der Waals surface area contributed by atoms with E-state index < -0.39 is 22.0 Å². The van der Waals surface area contributed by atoms with Crippen molar-refractivity contribution in [1.29, 1.82) is 0 Å². The maximum atomic E-state index is 13.3. The molecular formula is C20H21NO5S. The molecule has 3 rings (SSSR count). The number of carbonyl (C=O) groups is 1. The molecule has 0 aliphatic carbocycles. The lowest BCUT2D eigenvalue weighted by atomic mass is 10.00. The summed E-state index contributed by atoms with van der Waals surface area (Å²) in [6, 6.07) is 12.9. The standard InChI is InChI=1S/C20H21NO5S/c1-14-8-10-15(11-9-14)27(23,24)21-13-12-17(20(22)26-3)19(21)16-6-4-5-7-18(16)25-2/h4-12,19H,13H2,1-3H3. The van der Waals surface area contributed by atoms with E-state index in [0.29, 0.717) is 11.3 Å². The SMILES string of the molecule is COC(=O)C1=CCN(S(=O)(=O)c2ccc(C)cc2)C1c1ccccc1OC. The zero-order valence-corrected chi connectivity index (χ0v) is 16.2. The molecule has 2 aromatic rings. The Labute approximate surface area is 159 Å². The van der Waals surface area contributed by atoms with Gasteiger partial charge in [-0.2, -0.15) is 4.31 Å². The molecule has 0 aromatic heterocycles. The van der Waals surface area contributed by atoms with Crippen LogP contribution >= 0.6 is 0 Å². The Bertz CT molecular complexity index is 980. The average molecular weight is 387 g/mol. The highest BCUT2D eigenvalue weighted by Gasteiger charge is 2.42. The van der Waals surface area contributed by atoms with Crippen LogP contribution in [0.5, 0.6) is 5.75 Å². The molecule has 27 heavy (non-hydrogen) atoms. The number of carbonyl (C=O) groups excluding carboxylic acids is 1. The number of esters is 1. The van der Waals surface area contributed by atoms with Gasteiger partial charge in [-0.3, -0.25) is 0 Å². The minimum atomic E-state index is -3.83. The molecule has 0 bridgehead atoms. The van der Waals surface area contributed by atoms with Crippen molar-refractivity contribution in [1.82, 2.24) is 4.31 Å². The first-order chi connectivity index (χ1) is 12.9. The van der Waals surface area contributed by atoms with E-state index in [-0.39, 0.29) is 17.0 Å². The van der Waals surface area contributed by atoms with Crippen LogP contribution in [0.3, 0.4) is 0 Å². The lowest BCUT2D eigenvalue weighted by molar-refractivity contribution is -0.136. The minimum absolute atomic E-state index is 0.0728. The Morgan fingerprint density at radius 1 is 1.07 bits per heavy atom. The summed E-state index contributed by atoms with van der Waals surface area (Å²) in [6.07, 6.45) is 1.59. The molecule has 1 heterocycles. The summed E-state index contributed by atoms with van der Waals surface area (Å²) >= 11 is 0. The smallest absolute Gasteiger partial charge is 0.335 e. The average Bonchev–Trinajstić information content (AvgIpc) is 3.13. The first-order valence-corrected chi connectivity index (χ1v) is 9.84. The molecule has 0 saturated heterocycles. The summed E-state index contributed by atoms with van der Waals surface area (Å²) < 4.78 is 38.1. The van der Waals surface area contributed by atoms with E-state index in [0.717, 1.165) is 5.56 Å². The second-order valence-corrected chi connectivity index (χ2v) is 8.07. The Morgan fingerprint density at radius 2 is 1.74 bits per heavy atom. The molecule has 1 aliphatic heterocycles. The number of methoxy groups -OCH3 is 2. The summed E-state index contributed by atoms with van der Waals surface area (Å²) in [5.41, 5.74) is 1.83. The van der Waals surface area contributed by atoms with Gasteiger partial charge < -0.3 is 9.47 Å². The topological polar surface area (TPSA) is 72.9 Å². The lowest BCUT2D eigenvalue weighted by Crippen LogP contribution is -2.33. The van der Waals surface area contributed by atoms with E-state index in [1.54, 1.807) is 54.6 Å². The second kappa shape index (κ2) is 7.54. The predicted molar refractivity (Wildman–Crippen MR) is 101 cm³/mol. The highest BCUT2D eigenvalue weighted by molar-refractivity contribution is 7.89. The number of sulfonamides is 1. The van der Waals surface area contributed by atoms with Crippen LogP contribution in [0.15, 0.2) is 65.1 Å². The van der Waals surface area contributed by atoms with Gasteiger partial charge in [0.25, 0.3) is 0 Å². The number of hydrogen-bond acceptors (Lipinski definition) is 5. The second-order valence-electron chi connectivity index (χ2n) is 6.18. The van der Waals surface area contributed by atoms with Crippen LogP contribution in [0.1, 0.15) is 17.2 Å². The van der Waals surface area contributed by atoms with E-state index >= 15 is 0 Å². The van der Waals surface area contributed by atoms with E-state index in [1.807, 2.05) is 6.92 Å². The zero-order valence-electron chi connectivity index (χ0n) is 15.4. The Balaban J connectivity index is 2.12. The van der Waals surface area contributed by atoms with Crippen molar-refractivity contribution in [3.63, 3.8) is 0 Å². The fraction of sp³-hybridized carbons (Fsp3) is 0.250. The van der Waals surface area contributed by atoms with Gasteiger partial charge in [0, 0.05) is 12.1 Å². The third-order valence-corrected chi connectivity index (χ3v) is 6.40. The molecule has 0 saturated carbocycles. The third kappa shape index (κ3) is 3.48. The van der Waals surface area contributed by atoms with Crippen LogP contribution in [0.2, 0.25) is 0 Å². The summed E-state index contributed by atoms with van der Waals surface area (Å²) in [5.74, 6) is -0.0594. The van der Waals surface area contributed by atoms with Crippen molar-refractivity contribution in [2.75, 3.05) is 20.8 Å². The number of aryl methyl sites for hydroxylation is 1. The van der Waals surface area contributed by atoms with Crippen LogP contribution in [0.4, 0.5) is 0 Å². The van der Waals surface area contributed by atoms with Crippen molar-refractivity contribution in [3.05, 3.63) is 71.3 Å². The number of nitrogens with zero attached hydrogens (tertiary/aromatic N) is 1. The highest BCUT2D eigenvalue weighted by atomic mass is 32.2. The van der Waals surface area contributed by atoms with Gasteiger partial charge in [0.05, 0.1) is 30.7 Å². The maximum Gasteiger partial charge on any atom is 0.335 e. The fourth-order valence-corrected chi connectivity index (χ4v) is 4.70. The summed E-state index contributed by atoms with van der Waals surface area (Å²) in [5, 5.41) is 0. The molecular weight excluding hydrogens is 366 g/mol. The van der Waals surface area contributed by atoms with Gasteiger partial charge in [-0.1, -0.05) is 42.0 Å². The molecule has 0 N–H and O–H groups in total. The molecule has 0 fully saturated rings. The molecule has 6 nitrogen and oxygen atoms in total. The molecule has 0 radical (unpaired) electrons. The van der Waals surface area contributed by atoms with E-state index in [4.69, 9.17) is 9.47 Å². The van der Waals surface area contributed by atoms with Crippen molar-refractivity contribution in [2.45, 2.75) is 17.9 Å². The van der Waals surface area contributed by atoms with Gasteiger partial charge in [0.15, 0.2) is 0 Å². The maximum absolute atomic E-state index is 13.3. The van der Waals surface area contributed by atoms with E-state index in [9.17, 15) is 13.2 Å². The molecule has 142 valence electrons. The lowest BCUT2D eigenvalue weighted by Gasteiger charge is -2.27. The predicted octanol–water partition coefficient (Wildman–Crippen LogP) is 2.85. The molecule has 7 heteroatoms. The van der Waals surface area contributed by atoms with Crippen LogP contribution in [0, 0.1) is 6.92 Å². The van der Waals surface area contributed by atoms with Gasteiger partial charge in [-0.05, 0) is 25.1 Å². The van der Waals surface area contributed by atoms with Crippen LogP contribution < -0.4 is 4.74 Å². The summed E-state index contributed by atoms with van der Waals surface area (Å²) in [4.78, 5) is 12.5. The van der Waals surface area contributed by atoms with E-state index in [1.165, 1.54) is 18.5 Å². The minimum Gasteiger partial charge on any atom is -0.496 e. The van der Waals surface area contributed by atoms with Gasteiger partial charge in [0.1, 0.15) is 5.75 Å². The first kappa shape index (κ1) is 19.1. The van der Waals surface area contributed by atoms with Crippen molar-refractivity contribution in [3.8, 4) is 5.75 Å². The summed E-state index contributed by atoms with van der Waals surface area (Å²) in [6.45, 7) is 1.96. The van der Waals surface area contributed by atoms with Crippen molar-refractivity contribution in [2.24, 2.45) is 0 Å². The molecule has 2 aromatic carbocycles. The van der Waals surface area contributed by atoms with Gasteiger partial charge >= 0.3 is 5.97 Å². The Hall–Kier alpha value is -2.64. The van der Waals surface area contributed by atoms with Crippen molar-refractivity contribution < 1.29 is 22.7 Å². The quantitative estimate of drug-likeness (QED) is 0.738. The zero-order chi connectivity index (χ0) is 19.6.